The summed E-state index contributed by atoms with van der Waals surface area (Å²) in [6.07, 6.45) is 2.98. The molecular formula is C13H14BrNS. The molecule has 0 saturated heterocycles. The lowest BCUT2D eigenvalue weighted by Gasteiger charge is -2.07. The van der Waals surface area contributed by atoms with E-state index in [-0.39, 0.29) is 0 Å². The number of rotatable bonds is 3. The summed E-state index contributed by atoms with van der Waals surface area (Å²) in [7, 11) is 0. The summed E-state index contributed by atoms with van der Waals surface area (Å²) in [5.74, 6) is 0. The van der Waals surface area contributed by atoms with Gasteiger partial charge in [0.05, 0.1) is 9.83 Å². The van der Waals surface area contributed by atoms with Gasteiger partial charge in [-0.3, -0.25) is 0 Å². The largest absolute Gasteiger partial charge is 0.250 e. The molecule has 84 valence electrons. The Morgan fingerprint density at radius 2 is 1.94 bits per heavy atom. The lowest BCUT2D eigenvalue weighted by molar-refractivity contribution is 0.963. The maximum Gasteiger partial charge on any atom is 0.0897 e. The van der Waals surface area contributed by atoms with E-state index >= 15 is 0 Å². The van der Waals surface area contributed by atoms with Gasteiger partial charge in [-0.15, -0.1) is 11.3 Å². The number of alkyl halides is 1. The van der Waals surface area contributed by atoms with Crippen LogP contribution in [0.3, 0.4) is 0 Å². The minimum Gasteiger partial charge on any atom is -0.250 e. The molecule has 0 amide bonds. The zero-order valence-corrected chi connectivity index (χ0v) is 11.8. The van der Waals surface area contributed by atoms with Gasteiger partial charge in [0.25, 0.3) is 0 Å². The molecule has 3 heteroatoms. The smallest absolute Gasteiger partial charge is 0.0897 e. The first-order valence-electron chi connectivity index (χ1n) is 5.27. The number of nitrogens with zero attached hydrogens (tertiary/aromatic N) is 1. The van der Waals surface area contributed by atoms with Crippen LogP contribution in [-0.2, 0) is 6.42 Å². The fraction of sp³-hybridized carbons (Fsp3) is 0.308. The Kier molecular flexibility index (Phi) is 3.77. The summed E-state index contributed by atoms with van der Waals surface area (Å²) < 4.78 is 0. The molecule has 1 unspecified atom stereocenters. The molecule has 1 aromatic heterocycles. The molecule has 2 aromatic rings. The molecule has 0 bridgehead atoms. The van der Waals surface area contributed by atoms with Crippen LogP contribution < -0.4 is 0 Å². The van der Waals surface area contributed by atoms with Gasteiger partial charge in [-0.05, 0) is 25.8 Å². The predicted octanol–water partition coefficient (Wildman–Crippen LogP) is 4.44. The normalized spacial score (nSPS) is 12.7. The minimum atomic E-state index is 0.376. The van der Waals surface area contributed by atoms with E-state index in [9.17, 15) is 0 Å². The third kappa shape index (κ3) is 2.92. The zero-order valence-electron chi connectivity index (χ0n) is 9.40. The predicted molar refractivity (Wildman–Crippen MR) is 73.4 cm³/mol. The highest BCUT2D eigenvalue weighted by Crippen LogP contribution is 2.30. The molecule has 0 aliphatic carbocycles. The van der Waals surface area contributed by atoms with Gasteiger partial charge in [0.2, 0.25) is 0 Å². The van der Waals surface area contributed by atoms with Crippen molar-refractivity contribution in [3.63, 3.8) is 0 Å². The lowest BCUT2D eigenvalue weighted by Crippen LogP contribution is -1.92. The van der Waals surface area contributed by atoms with Crippen LogP contribution in [0.4, 0.5) is 0 Å². The number of hydrogen-bond acceptors (Lipinski definition) is 2. The molecule has 0 fully saturated rings. The molecule has 0 N–H and O–H groups in total. The van der Waals surface area contributed by atoms with E-state index in [4.69, 9.17) is 0 Å². The average Bonchev–Trinajstić information content (AvgIpc) is 2.68. The summed E-state index contributed by atoms with van der Waals surface area (Å²) >= 11 is 5.49. The third-order valence-electron chi connectivity index (χ3n) is 2.48. The van der Waals surface area contributed by atoms with Crippen LogP contribution in [0, 0.1) is 13.8 Å². The Morgan fingerprint density at radius 1 is 1.25 bits per heavy atom. The maximum atomic E-state index is 4.28. The van der Waals surface area contributed by atoms with Gasteiger partial charge in [-0.25, -0.2) is 4.98 Å². The van der Waals surface area contributed by atoms with Crippen LogP contribution in [0.1, 0.15) is 25.8 Å². The Morgan fingerprint density at radius 3 is 2.50 bits per heavy atom. The van der Waals surface area contributed by atoms with E-state index in [2.05, 4.69) is 52.1 Å². The fourth-order valence-electron chi connectivity index (χ4n) is 1.55. The first kappa shape index (κ1) is 11.8. The van der Waals surface area contributed by atoms with Crippen molar-refractivity contribution in [3.8, 4) is 0 Å². The van der Waals surface area contributed by atoms with Gasteiger partial charge in [-0.1, -0.05) is 45.8 Å². The van der Waals surface area contributed by atoms with Crippen LogP contribution >= 0.6 is 27.3 Å². The van der Waals surface area contributed by atoms with Crippen LogP contribution in [0.25, 0.3) is 0 Å². The van der Waals surface area contributed by atoms with Crippen LogP contribution in [0.2, 0.25) is 0 Å². The molecule has 0 spiro atoms. The van der Waals surface area contributed by atoms with Crippen molar-refractivity contribution >= 4 is 27.3 Å². The Balaban J connectivity index is 2.07. The summed E-state index contributed by atoms with van der Waals surface area (Å²) in [5.41, 5.74) is 2.67. The van der Waals surface area contributed by atoms with Crippen LogP contribution in [-0.4, -0.2) is 4.98 Å². The van der Waals surface area contributed by atoms with Gasteiger partial charge in [0, 0.05) is 11.1 Å². The highest BCUT2D eigenvalue weighted by molar-refractivity contribution is 9.09. The summed E-state index contributed by atoms with van der Waals surface area (Å²) in [5, 5.41) is 1.13. The lowest BCUT2D eigenvalue weighted by atomic mass is 10.1. The van der Waals surface area contributed by atoms with Crippen LogP contribution in [0.15, 0.2) is 30.5 Å². The molecule has 0 aliphatic rings. The number of aryl methyl sites for hydroxylation is 2. The molecule has 1 atom stereocenters. The van der Waals surface area contributed by atoms with Crippen molar-refractivity contribution in [2.24, 2.45) is 0 Å². The second kappa shape index (κ2) is 5.11. The molecule has 2 rings (SSSR count). The van der Waals surface area contributed by atoms with Gasteiger partial charge in [0.1, 0.15) is 0 Å². The average molecular weight is 296 g/mol. The molecule has 1 nitrogen and oxygen atoms in total. The van der Waals surface area contributed by atoms with Gasteiger partial charge < -0.3 is 0 Å². The molecule has 16 heavy (non-hydrogen) atoms. The Hall–Kier alpha value is -0.670. The number of thiazole rings is 1. The second-order valence-electron chi connectivity index (χ2n) is 3.94. The van der Waals surface area contributed by atoms with Crippen LogP contribution in [0.5, 0.6) is 0 Å². The Bertz CT molecular complexity index is 461. The van der Waals surface area contributed by atoms with E-state index in [1.54, 1.807) is 11.3 Å². The van der Waals surface area contributed by atoms with Gasteiger partial charge in [-0.2, -0.15) is 0 Å². The number of hydrogen-bond donors (Lipinski definition) is 0. The monoisotopic (exact) mass is 295 g/mol. The highest BCUT2D eigenvalue weighted by Gasteiger charge is 2.11. The molecule has 1 heterocycles. The first-order valence-corrected chi connectivity index (χ1v) is 7.00. The van der Waals surface area contributed by atoms with E-state index in [0.717, 1.165) is 11.4 Å². The molecule has 1 aromatic carbocycles. The van der Waals surface area contributed by atoms with Crippen molar-refractivity contribution in [2.45, 2.75) is 25.1 Å². The van der Waals surface area contributed by atoms with E-state index in [1.165, 1.54) is 16.0 Å². The third-order valence-corrected chi connectivity index (χ3v) is 4.63. The van der Waals surface area contributed by atoms with E-state index in [0.29, 0.717) is 4.83 Å². The summed E-state index contributed by atoms with van der Waals surface area (Å²) in [6.45, 7) is 4.15. The number of halogens is 1. The molecule has 0 aliphatic heterocycles. The number of aromatic nitrogens is 1. The minimum absolute atomic E-state index is 0.376. The molecule has 0 radical (unpaired) electrons. The molecule has 0 saturated carbocycles. The fourth-order valence-corrected chi connectivity index (χ4v) is 3.09. The molecular weight excluding hydrogens is 282 g/mol. The van der Waals surface area contributed by atoms with Crippen molar-refractivity contribution < 1.29 is 0 Å². The van der Waals surface area contributed by atoms with Crippen molar-refractivity contribution in [1.82, 2.24) is 4.98 Å². The maximum absolute atomic E-state index is 4.28. The standard InChI is InChI=1S/C13H14BrNS/c1-9-3-5-11(6-4-9)7-12(14)13-8-15-10(2)16-13/h3-6,8,12H,7H2,1-2H3. The first-order chi connectivity index (χ1) is 7.65. The number of benzene rings is 1. The van der Waals surface area contributed by atoms with Gasteiger partial charge >= 0.3 is 0 Å². The highest BCUT2D eigenvalue weighted by atomic mass is 79.9. The second-order valence-corrected chi connectivity index (χ2v) is 6.31. The SMILES string of the molecule is Cc1ccc(CC(Br)c2cnc(C)s2)cc1. The van der Waals surface area contributed by atoms with Gasteiger partial charge in [0.15, 0.2) is 0 Å². The zero-order chi connectivity index (χ0) is 11.5. The van der Waals surface area contributed by atoms with Crippen molar-refractivity contribution in [2.75, 3.05) is 0 Å². The Labute approximate surface area is 109 Å². The topological polar surface area (TPSA) is 12.9 Å². The van der Waals surface area contributed by atoms with Crippen molar-refractivity contribution in [3.05, 3.63) is 51.5 Å². The van der Waals surface area contributed by atoms with Crippen molar-refractivity contribution in [1.29, 1.82) is 0 Å². The summed E-state index contributed by atoms with van der Waals surface area (Å²) in [4.78, 5) is 5.96. The quantitative estimate of drug-likeness (QED) is 0.763. The summed E-state index contributed by atoms with van der Waals surface area (Å²) in [6, 6.07) is 8.70. The van der Waals surface area contributed by atoms with E-state index in [1.807, 2.05) is 13.1 Å². The van der Waals surface area contributed by atoms with E-state index < -0.39 is 0 Å².